The highest BCUT2D eigenvalue weighted by atomic mass is 16.2. The van der Waals surface area contributed by atoms with E-state index < -0.39 is 0 Å². The summed E-state index contributed by atoms with van der Waals surface area (Å²) in [4.78, 5) is 35.1. The molecular formula is C16H22N4O2. The Morgan fingerprint density at radius 3 is 2.27 bits per heavy atom. The summed E-state index contributed by atoms with van der Waals surface area (Å²) in [5, 5.41) is 2.98. The summed E-state index contributed by atoms with van der Waals surface area (Å²) >= 11 is 0. The van der Waals surface area contributed by atoms with Gasteiger partial charge in [-0.3, -0.25) is 9.59 Å². The van der Waals surface area contributed by atoms with Gasteiger partial charge in [0.2, 0.25) is 0 Å². The van der Waals surface area contributed by atoms with E-state index in [2.05, 4.69) is 15.3 Å². The van der Waals surface area contributed by atoms with Crippen LogP contribution in [-0.2, 0) is 0 Å². The van der Waals surface area contributed by atoms with E-state index in [1.54, 1.807) is 4.90 Å². The number of nitrogens with zero attached hydrogens (tertiary/aromatic N) is 3. The van der Waals surface area contributed by atoms with Gasteiger partial charge in [-0.15, -0.1) is 0 Å². The summed E-state index contributed by atoms with van der Waals surface area (Å²) in [5.74, 6) is -0.454. The van der Waals surface area contributed by atoms with E-state index >= 15 is 0 Å². The molecule has 1 saturated carbocycles. The van der Waals surface area contributed by atoms with Crippen molar-refractivity contribution in [2.75, 3.05) is 13.1 Å². The molecule has 1 aliphatic carbocycles. The average Bonchev–Trinajstić information content (AvgIpc) is 3.08. The van der Waals surface area contributed by atoms with Crippen LogP contribution in [0.15, 0.2) is 12.4 Å². The van der Waals surface area contributed by atoms with Crippen LogP contribution in [0.5, 0.6) is 0 Å². The van der Waals surface area contributed by atoms with E-state index in [4.69, 9.17) is 0 Å². The van der Waals surface area contributed by atoms with Crippen molar-refractivity contribution in [2.45, 2.75) is 51.0 Å². The molecular weight excluding hydrogens is 280 g/mol. The molecule has 2 amide bonds. The maximum absolute atomic E-state index is 12.6. The first kappa shape index (κ1) is 14.9. The summed E-state index contributed by atoms with van der Waals surface area (Å²) in [6.45, 7) is 1.47. The van der Waals surface area contributed by atoms with E-state index in [-0.39, 0.29) is 29.2 Å². The fourth-order valence-corrected chi connectivity index (χ4v) is 3.23. The molecule has 0 atom stereocenters. The zero-order valence-corrected chi connectivity index (χ0v) is 12.8. The Kier molecular flexibility index (Phi) is 4.65. The predicted octanol–water partition coefficient (Wildman–Crippen LogP) is 1.78. The van der Waals surface area contributed by atoms with Gasteiger partial charge in [0, 0.05) is 31.5 Å². The first-order valence-corrected chi connectivity index (χ1v) is 8.17. The number of hydrogen-bond donors (Lipinski definition) is 1. The molecule has 1 aliphatic heterocycles. The first-order valence-electron chi connectivity index (χ1n) is 8.17. The van der Waals surface area contributed by atoms with Crippen LogP contribution >= 0.6 is 0 Å². The molecule has 0 spiro atoms. The Labute approximate surface area is 130 Å². The highest BCUT2D eigenvalue weighted by molar-refractivity contribution is 6.04. The molecule has 1 aromatic heterocycles. The minimum Gasteiger partial charge on any atom is -0.348 e. The molecule has 1 aromatic rings. The lowest BCUT2D eigenvalue weighted by molar-refractivity contribution is 0.0710. The Hall–Kier alpha value is -1.98. The third kappa shape index (κ3) is 3.26. The lowest BCUT2D eigenvalue weighted by Crippen LogP contribution is -2.39. The predicted molar refractivity (Wildman–Crippen MR) is 81.5 cm³/mol. The highest BCUT2D eigenvalue weighted by Crippen LogP contribution is 2.19. The fraction of sp³-hybridized carbons (Fsp3) is 0.625. The number of rotatable bonds is 3. The zero-order chi connectivity index (χ0) is 15.4. The van der Waals surface area contributed by atoms with E-state index in [1.165, 1.54) is 12.4 Å². The van der Waals surface area contributed by atoms with Crippen molar-refractivity contribution in [1.82, 2.24) is 20.2 Å². The minimum atomic E-state index is -0.277. The number of aromatic nitrogens is 2. The van der Waals surface area contributed by atoms with Crippen LogP contribution in [0, 0.1) is 0 Å². The molecule has 2 aliphatic rings. The van der Waals surface area contributed by atoms with Crippen LogP contribution in [0.1, 0.15) is 65.9 Å². The van der Waals surface area contributed by atoms with Gasteiger partial charge in [-0.2, -0.15) is 0 Å². The normalized spacial score (nSPS) is 19.2. The van der Waals surface area contributed by atoms with Gasteiger partial charge >= 0.3 is 0 Å². The second-order valence-corrected chi connectivity index (χ2v) is 6.06. The molecule has 0 bridgehead atoms. The van der Waals surface area contributed by atoms with E-state index in [0.717, 1.165) is 58.0 Å². The summed E-state index contributed by atoms with van der Waals surface area (Å²) in [6.07, 6.45) is 10.4. The molecule has 0 aromatic carbocycles. The van der Waals surface area contributed by atoms with Crippen molar-refractivity contribution in [2.24, 2.45) is 0 Å². The standard InChI is InChI=1S/C16H22N4O2/c21-15(19-12-6-2-3-7-12)13-14(18-9-8-17-13)16(22)20-10-4-1-5-11-20/h8-9,12H,1-7,10-11H2,(H,19,21). The quantitative estimate of drug-likeness (QED) is 0.923. The zero-order valence-electron chi connectivity index (χ0n) is 12.8. The van der Waals surface area contributed by atoms with Gasteiger partial charge in [0.15, 0.2) is 11.4 Å². The average molecular weight is 302 g/mol. The van der Waals surface area contributed by atoms with Gasteiger partial charge in [0.25, 0.3) is 11.8 Å². The van der Waals surface area contributed by atoms with Crippen LogP contribution in [-0.4, -0.2) is 45.8 Å². The van der Waals surface area contributed by atoms with Crippen LogP contribution < -0.4 is 5.32 Å². The number of carbonyl (C=O) groups is 2. The van der Waals surface area contributed by atoms with Gasteiger partial charge in [-0.1, -0.05) is 12.8 Å². The monoisotopic (exact) mass is 302 g/mol. The van der Waals surface area contributed by atoms with Crippen molar-refractivity contribution in [3.63, 3.8) is 0 Å². The van der Waals surface area contributed by atoms with Gasteiger partial charge in [-0.05, 0) is 32.1 Å². The number of carbonyl (C=O) groups excluding carboxylic acids is 2. The molecule has 0 radical (unpaired) electrons. The minimum absolute atomic E-state index is 0.157. The Morgan fingerprint density at radius 2 is 1.59 bits per heavy atom. The third-order valence-corrected chi connectivity index (χ3v) is 4.45. The smallest absolute Gasteiger partial charge is 0.274 e. The number of hydrogen-bond acceptors (Lipinski definition) is 4. The number of likely N-dealkylation sites (tertiary alicyclic amines) is 1. The Morgan fingerprint density at radius 1 is 0.955 bits per heavy atom. The molecule has 118 valence electrons. The molecule has 1 saturated heterocycles. The fourth-order valence-electron chi connectivity index (χ4n) is 3.23. The van der Waals surface area contributed by atoms with Crippen molar-refractivity contribution < 1.29 is 9.59 Å². The molecule has 6 heteroatoms. The third-order valence-electron chi connectivity index (χ3n) is 4.45. The molecule has 2 heterocycles. The van der Waals surface area contributed by atoms with Crippen molar-refractivity contribution in [3.8, 4) is 0 Å². The van der Waals surface area contributed by atoms with Crippen molar-refractivity contribution >= 4 is 11.8 Å². The summed E-state index contributed by atoms with van der Waals surface area (Å²) in [5.41, 5.74) is 0.338. The van der Waals surface area contributed by atoms with Crippen LogP contribution in [0.4, 0.5) is 0 Å². The molecule has 6 nitrogen and oxygen atoms in total. The largest absolute Gasteiger partial charge is 0.348 e. The number of piperidine rings is 1. The van der Waals surface area contributed by atoms with Crippen LogP contribution in [0.25, 0.3) is 0 Å². The SMILES string of the molecule is O=C(NC1CCCC1)c1nccnc1C(=O)N1CCCCC1. The van der Waals surface area contributed by atoms with Crippen LogP contribution in [0.2, 0.25) is 0 Å². The van der Waals surface area contributed by atoms with E-state index in [1.807, 2.05) is 0 Å². The summed E-state index contributed by atoms with van der Waals surface area (Å²) < 4.78 is 0. The highest BCUT2D eigenvalue weighted by Gasteiger charge is 2.27. The Bertz CT molecular complexity index is 549. The Balaban J connectivity index is 1.76. The van der Waals surface area contributed by atoms with Gasteiger partial charge in [0.05, 0.1) is 0 Å². The van der Waals surface area contributed by atoms with Crippen molar-refractivity contribution in [1.29, 1.82) is 0 Å². The maximum Gasteiger partial charge on any atom is 0.274 e. The number of nitrogens with one attached hydrogen (secondary N) is 1. The molecule has 2 fully saturated rings. The van der Waals surface area contributed by atoms with Crippen molar-refractivity contribution in [3.05, 3.63) is 23.8 Å². The summed E-state index contributed by atoms with van der Waals surface area (Å²) in [6, 6.07) is 0.201. The van der Waals surface area contributed by atoms with Gasteiger partial charge in [0.1, 0.15) is 0 Å². The lowest BCUT2D eigenvalue weighted by Gasteiger charge is -2.26. The lowest BCUT2D eigenvalue weighted by atomic mass is 10.1. The first-order chi connectivity index (χ1) is 10.8. The second-order valence-electron chi connectivity index (χ2n) is 6.06. The molecule has 22 heavy (non-hydrogen) atoms. The second kappa shape index (κ2) is 6.85. The number of amides is 2. The van der Waals surface area contributed by atoms with E-state index in [9.17, 15) is 9.59 Å². The summed E-state index contributed by atoms with van der Waals surface area (Å²) in [7, 11) is 0. The molecule has 0 unspecified atom stereocenters. The molecule has 1 N–H and O–H groups in total. The van der Waals surface area contributed by atoms with E-state index in [0.29, 0.717) is 0 Å². The molecule has 3 rings (SSSR count). The van der Waals surface area contributed by atoms with Crippen LogP contribution in [0.3, 0.4) is 0 Å². The van der Waals surface area contributed by atoms with Gasteiger partial charge < -0.3 is 10.2 Å². The maximum atomic E-state index is 12.6. The topological polar surface area (TPSA) is 75.2 Å². The van der Waals surface area contributed by atoms with Gasteiger partial charge in [-0.25, -0.2) is 9.97 Å².